The van der Waals surface area contributed by atoms with Gasteiger partial charge in [-0.1, -0.05) is 11.6 Å². The summed E-state index contributed by atoms with van der Waals surface area (Å²) < 4.78 is 5.17. The maximum atomic E-state index is 5.17. The summed E-state index contributed by atoms with van der Waals surface area (Å²) in [7, 11) is 0. The lowest BCUT2D eigenvalue weighted by molar-refractivity contribution is 0.321. The summed E-state index contributed by atoms with van der Waals surface area (Å²) >= 11 is 8.69. The molecule has 0 aliphatic heterocycles. The number of hydrogen-bond donors (Lipinski definition) is 1. The first kappa shape index (κ1) is 18.4. The van der Waals surface area contributed by atoms with Crippen LogP contribution < -0.4 is 5.32 Å². The molecule has 0 saturated carbocycles. The number of allylic oxidation sites excluding steroid dienone is 1. The van der Waals surface area contributed by atoms with Gasteiger partial charge >= 0.3 is 0 Å². The highest BCUT2D eigenvalue weighted by molar-refractivity contribution is 7.99. The summed E-state index contributed by atoms with van der Waals surface area (Å²) in [4.78, 5) is 2.60. The van der Waals surface area contributed by atoms with Crippen molar-refractivity contribution in [2.24, 2.45) is 0 Å². The molecule has 2 nitrogen and oxygen atoms in total. The van der Waals surface area contributed by atoms with E-state index in [0.717, 1.165) is 18.1 Å². The second-order valence-electron chi connectivity index (χ2n) is 4.56. The average molecular weight is 342 g/mol. The van der Waals surface area contributed by atoms with E-state index in [4.69, 9.17) is 17.0 Å². The minimum absolute atomic E-state index is 0.490. The van der Waals surface area contributed by atoms with Crippen LogP contribution in [0.2, 0.25) is 0 Å². The molecule has 0 heterocycles. The lowest BCUT2D eigenvalue weighted by Crippen LogP contribution is -2.26. The lowest BCUT2D eigenvalue weighted by Gasteiger charge is -2.08. The Morgan fingerprint density at radius 1 is 1.19 bits per heavy atom. The predicted octanol–water partition coefficient (Wildman–Crippen LogP) is 4.75. The van der Waals surface area contributed by atoms with Crippen LogP contribution in [0.15, 0.2) is 45.7 Å². The molecule has 1 aromatic carbocycles. The third-order valence-electron chi connectivity index (χ3n) is 2.48. The van der Waals surface area contributed by atoms with Crippen molar-refractivity contribution < 1.29 is 4.74 Å². The Labute approximate surface area is 142 Å². The van der Waals surface area contributed by atoms with E-state index in [0.29, 0.717) is 11.8 Å². The topological polar surface area (TPSA) is 21.3 Å². The van der Waals surface area contributed by atoms with Crippen LogP contribution in [0.1, 0.15) is 20.8 Å². The number of rotatable bonds is 8. The van der Waals surface area contributed by atoms with Crippen molar-refractivity contribution >= 4 is 40.9 Å². The van der Waals surface area contributed by atoms with Crippen molar-refractivity contribution in [2.45, 2.75) is 30.6 Å². The summed E-state index contributed by atoms with van der Waals surface area (Å²) in [5, 5.41) is 3.57. The molecule has 0 spiro atoms. The standard InChI is InChI=1S/C16H23NOS3/c1-4-18-16(19)17-10-12-21-15-7-5-14(6-8-15)20-11-9-13(2)3/h5-9H,4,10-12H2,1-3H3,(H,17,19). The maximum absolute atomic E-state index is 5.17. The van der Waals surface area contributed by atoms with Gasteiger partial charge < -0.3 is 10.1 Å². The molecule has 1 N–H and O–H groups in total. The highest BCUT2D eigenvalue weighted by atomic mass is 32.2. The molecule has 5 heteroatoms. The maximum Gasteiger partial charge on any atom is 0.256 e. The zero-order chi connectivity index (χ0) is 15.5. The molecule has 0 atom stereocenters. The normalized spacial score (nSPS) is 10.0. The van der Waals surface area contributed by atoms with Crippen LogP contribution in [0.3, 0.4) is 0 Å². The Morgan fingerprint density at radius 3 is 2.38 bits per heavy atom. The molecule has 0 unspecified atom stereocenters. The van der Waals surface area contributed by atoms with E-state index in [1.54, 1.807) is 0 Å². The van der Waals surface area contributed by atoms with Crippen molar-refractivity contribution in [2.75, 3.05) is 24.7 Å². The first-order valence-corrected chi connectivity index (χ1v) is 9.39. The zero-order valence-electron chi connectivity index (χ0n) is 12.8. The second kappa shape index (κ2) is 11.0. The number of thiocarbonyl (C=S) groups is 1. The van der Waals surface area contributed by atoms with Gasteiger partial charge in [0.05, 0.1) is 6.61 Å². The summed E-state index contributed by atoms with van der Waals surface area (Å²) in [6.07, 6.45) is 2.25. The van der Waals surface area contributed by atoms with E-state index in [1.807, 2.05) is 30.4 Å². The fraction of sp³-hybridized carbons (Fsp3) is 0.438. The first-order chi connectivity index (χ1) is 10.1. The van der Waals surface area contributed by atoms with Gasteiger partial charge in [0, 0.05) is 27.8 Å². The van der Waals surface area contributed by atoms with Crippen molar-refractivity contribution in [1.82, 2.24) is 5.32 Å². The van der Waals surface area contributed by atoms with E-state index < -0.39 is 0 Å². The van der Waals surface area contributed by atoms with Gasteiger partial charge in [0.25, 0.3) is 5.17 Å². The first-order valence-electron chi connectivity index (χ1n) is 7.01. The Bertz CT molecular complexity index is 453. The number of hydrogen-bond acceptors (Lipinski definition) is 4. The van der Waals surface area contributed by atoms with Gasteiger partial charge in [-0.2, -0.15) is 0 Å². The molecule has 1 aromatic rings. The van der Waals surface area contributed by atoms with E-state index in [1.165, 1.54) is 15.4 Å². The molecule has 0 aliphatic carbocycles. The third-order valence-corrected chi connectivity index (χ3v) is 4.70. The molecule has 0 aromatic heterocycles. The molecule has 0 fully saturated rings. The van der Waals surface area contributed by atoms with Gasteiger partial charge in [-0.3, -0.25) is 0 Å². The number of ether oxygens (including phenoxy) is 1. The van der Waals surface area contributed by atoms with Crippen molar-refractivity contribution in [1.29, 1.82) is 0 Å². The third kappa shape index (κ3) is 9.06. The Kier molecular flexibility index (Phi) is 9.63. The summed E-state index contributed by atoms with van der Waals surface area (Å²) in [6.45, 7) is 7.63. The minimum atomic E-state index is 0.490. The summed E-state index contributed by atoms with van der Waals surface area (Å²) in [5.41, 5.74) is 1.37. The molecule has 0 bridgehead atoms. The molecule has 1 rings (SSSR count). The largest absolute Gasteiger partial charge is 0.471 e. The van der Waals surface area contributed by atoms with Gasteiger partial charge in [0.1, 0.15) is 0 Å². The fourth-order valence-electron chi connectivity index (χ4n) is 1.44. The summed E-state index contributed by atoms with van der Waals surface area (Å²) in [6, 6.07) is 8.72. The van der Waals surface area contributed by atoms with Gasteiger partial charge in [-0.05, 0) is 57.3 Å². The van der Waals surface area contributed by atoms with E-state index in [2.05, 4.69) is 49.5 Å². The highest BCUT2D eigenvalue weighted by Gasteiger charge is 1.98. The van der Waals surface area contributed by atoms with Crippen LogP contribution in [-0.4, -0.2) is 29.8 Å². The molecule has 21 heavy (non-hydrogen) atoms. The van der Waals surface area contributed by atoms with Crippen LogP contribution in [-0.2, 0) is 4.74 Å². The van der Waals surface area contributed by atoms with Crippen LogP contribution >= 0.6 is 35.7 Å². The SMILES string of the molecule is CCOC(=S)NCCSc1ccc(SCC=C(C)C)cc1. The Morgan fingerprint density at radius 2 is 1.81 bits per heavy atom. The van der Waals surface area contributed by atoms with Gasteiger partial charge in [0.15, 0.2) is 0 Å². The smallest absolute Gasteiger partial charge is 0.256 e. The number of thioether (sulfide) groups is 2. The Balaban J connectivity index is 2.25. The van der Waals surface area contributed by atoms with Crippen LogP contribution in [0.25, 0.3) is 0 Å². The lowest BCUT2D eigenvalue weighted by atomic mass is 10.3. The van der Waals surface area contributed by atoms with E-state index in [9.17, 15) is 0 Å². The quantitative estimate of drug-likeness (QED) is 0.318. The number of nitrogens with one attached hydrogen (secondary N) is 1. The van der Waals surface area contributed by atoms with Crippen LogP contribution in [0, 0.1) is 0 Å². The van der Waals surface area contributed by atoms with Crippen LogP contribution in [0.5, 0.6) is 0 Å². The molecule has 0 amide bonds. The molecule has 0 radical (unpaired) electrons. The van der Waals surface area contributed by atoms with Gasteiger partial charge in [-0.15, -0.1) is 23.5 Å². The van der Waals surface area contributed by atoms with E-state index in [-0.39, 0.29) is 0 Å². The highest BCUT2D eigenvalue weighted by Crippen LogP contribution is 2.23. The predicted molar refractivity (Wildman–Crippen MR) is 99.5 cm³/mol. The van der Waals surface area contributed by atoms with Gasteiger partial charge in [-0.25, -0.2) is 0 Å². The zero-order valence-corrected chi connectivity index (χ0v) is 15.3. The average Bonchev–Trinajstić information content (AvgIpc) is 2.45. The molecular weight excluding hydrogens is 318 g/mol. The Hall–Kier alpha value is -0.650. The van der Waals surface area contributed by atoms with Crippen molar-refractivity contribution in [3.05, 3.63) is 35.9 Å². The summed E-state index contributed by atoms with van der Waals surface area (Å²) in [5.74, 6) is 2.01. The molecule has 116 valence electrons. The molecular formula is C16H23NOS3. The van der Waals surface area contributed by atoms with Crippen molar-refractivity contribution in [3.8, 4) is 0 Å². The fourth-order valence-corrected chi connectivity index (χ4v) is 3.37. The minimum Gasteiger partial charge on any atom is -0.471 e. The van der Waals surface area contributed by atoms with Gasteiger partial charge in [0.2, 0.25) is 0 Å². The molecule has 0 saturated heterocycles. The second-order valence-corrected chi connectivity index (χ2v) is 7.19. The van der Waals surface area contributed by atoms with Crippen LogP contribution in [0.4, 0.5) is 0 Å². The van der Waals surface area contributed by atoms with Crippen molar-refractivity contribution in [3.63, 3.8) is 0 Å². The monoisotopic (exact) mass is 341 g/mol. The molecule has 0 aliphatic rings. The van der Waals surface area contributed by atoms with E-state index >= 15 is 0 Å². The number of benzene rings is 1.